The number of hydrogen-bond acceptors (Lipinski definition) is 7. The van der Waals surface area contributed by atoms with Crippen molar-refractivity contribution in [2.45, 2.75) is 31.2 Å². The Bertz CT molecular complexity index is 1200. The summed E-state index contributed by atoms with van der Waals surface area (Å²) < 4.78 is 95.6. The Balaban J connectivity index is 1.75. The summed E-state index contributed by atoms with van der Waals surface area (Å²) in [5.41, 5.74) is 0.270. The van der Waals surface area contributed by atoms with Crippen LogP contribution in [0.4, 0.5) is 26.3 Å². The van der Waals surface area contributed by atoms with Gasteiger partial charge in [-0.3, -0.25) is 4.79 Å². The number of methoxy groups -OCH3 is 1. The number of nitrogens with one attached hydrogen (secondary N) is 1. The monoisotopic (exact) mass is 541 g/mol. The number of halogens is 7. The summed E-state index contributed by atoms with van der Waals surface area (Å²) in [6.07, 6.45) is -9.40. The normalized spacial score (nSPS) is 13.0. The van der Waals surface area contributed by atoms with Gasteiger partial charge in [-0.05, 0) is 18.6 Å². The van der Waals surface area contributed by atoms with E-state index in [0.717, 1.165) is 12.3 Å². The topological polar surface area (TPSA) is 95.7 Å². The highest BCUT2D eigenvalue weighted by molar-refractivity contribution is 6.30. The molecule has 2 heterocycles. The standard InChI is InChI=1S/C21H18ClF6N3O5/c1-33-9-12(4-5-20(23,24)25)30-17(32)19-31-14-3-2-13(7-15(14)36-19)35-18-16(6-11(22)8-29-18)34-10-21(26,27)28/h2-3,6-8,12H,4-5,9-10H2,1H3,(H,30,32)/t12-/m1/s1. The minimum atomic E-state index is -4.61. The van der Waals surface area contributed by atoms with E-state index >= 15 is 0 Å². The van der Waals surface area contributed by atoms with Crippen molar-refractivity contribution >= 4 is 28.6 Å². The number of carbonyl (C=O) groups excluding carboxylic acids is 1. The molecule has 1 atom stereocenters. The van der Waals surface area contributed by atoms with Crippen LogP contribution in [-0.4, -0.2) is 54.6 Å². The third-order valence-electron chi connectivity index (χ3n) is 4.42. The molecule has 0 bridgehead atoms. The Morgan fingerprint density at radius 1 is 1.17 bits per heavy atom. The van der Waals surface area contributed by atoms with Gasteiger partial charge in [0.1, 0.15) is 11.3 Å². The number of rotatable bonds is 10. The molecule has 1 N–H and O–H groups in total. The predicted molar refractivity (Wildman–Crippen MR) is 113 cm³/mol. The van der Waals surface area contributed by atoms with Crippen LogP contribution in [0.25, 0.3) is 11.1 Å². The summed E-state index contributed by atoms with van der Waals surface area (Å²) in [6, 6.07) is 4.23. The van der Waals surface area contributed by atoms with E-state index in [-0.39, 0.29) is 40.1 Å². The number of ether oxygens (including phenoxy) is 3. The summed E-state index contributed by atoms with van der Waals surface area (Å²) in [5, 5.41) is 2.40. The quantitative estimate of drug-likeness (QED) is 0.329. The van der Waals surface area contributed by atoms with E-state index in [1.165, 1.54) is 25.3 Å². The second-order valence-corrected chi connectivity index (χ2v) is 7.83. The summed E-state index contributed by atoms with van der Waals surface area (Å²) >= 11 is 5.77. The van der Waals surface area contributed by atoms with Crippen LogP contribution in [0.15, 0.2) is 34.9 Å². The van der Waals surface area contributed by atoms with Crippen molar-refractivity contribution in [3.8, 4) is 17.4 Å². The maximum absolute atomic E-state index is 12.5. The molecule has 3 aromatic rings. The molecule has 0 radical (unpaired) electrons. The van der Waals surface area contributed by atoms with Crippen molar-refractivity contribution in [1.29, 1.82) is 0 Å². The average Bonchev–Trinajstić information content (AvgIpc) is 3.20. The van der Waals surface area contributed by atoms with Gasteiger partial charge in [-0.2, -0.15) is 26.3 Å². The lowest BCUT2D eigenvalue weighted by Gasteiger charge is -2.17. The number of oxazole rings is 1. The van der Waals surface area contributed by atoms with Crippen molar-refractivity contribution in [1.82, 2.24) is 15.3 Å². The molecule has 2 aromatic heterocycles. The molecule has 0 aliphatic rings. The van der Waals surface area contributed by atoms with E-state index < -0.39 is 49.6 Å². The summed E-state index contributed by atoms with van der Waals surface area (Å²) in [6.45, 7) is -1.76. The fourth-order valence-electron chi connectivity index (χ4n) is 2.91. The van der Waals surface area contributed by atoms with Crippen molar-refractivity contribution in [2.24, 2.45) is 0 Å². The lowest BCUT2D eigenvalue weighted by Crippen LogP contribution is -2.39. The molecule has 8 nitrogen and oxygen atoms in total. The highest BCUT2D eigenvalue weighted by atomic mass is 35.5. The first-order valence-corrected chi connectivity index (χ1v) is 10.5. The molecule has 1 amide bonds. The van der Waals surface area contributed by atoms with Gasteiger partial charge in [0, 0.05) is 31.9 Å². The first-order chi connectivity index (χ1) is 16.8. The van der Waals surface area contributed by atoms with Crippen LogP contribution in [0, 0.1) is 0 Å². The minimum Gasteiger partial charge on any atom is -0.478 e. The second kappa shape index (κ2) is 11.2. The molecule has 0 spiro atoms. The molecule has 36 heavy (non-hydrogen) atoms. The van der Waals surface area contributed by atoms with Gasteiger partial charge in [-0.25, -0.2) is 9.97 Å². The molecule has 15 heteroatoms. The van der Waals surface area contributed by atoms with Crippen molar-refractivity contribution in [3.63, 3.8) is 0 Å². The molecule has 0 fully saturated rings. The summed E-state index contributed by atoms with van der Waals surface area (Å²) in [7, 11) is 1.28. The maximum atomic E-state index is 12.5. The van der Waals surface area contributed by atoms with E-state index in [2.05, 4.69) is 15.3 Å². The zero-order valence-corrected chi connectivity index (χ0v) is 19.1. The molecule has 3 rings (SSSR count). The number of benzene rings is 1. The summed E-state index contributed by atoms with van der Waals surface area (Å²) in [4.78, 5) is 20.3. The molecular weight excluding hydrogens is 524 g/mol. The molecule has 0 aliphatic carbocycles. The third-order valence-corrected chi connectivity index (χ3v) is 4.63. The lowest BCUT2D eigenvalue weighted by molar-refractivity contribution is -0.153. The molecule has 0 saturated carbocycles. The highest BCUT2D eigenvalue weighted by Gasteiger charge is 2.30. The van der Waals surface area contributed by atoms with Gasteiger partial charge in [-0.15, -0.1) is 0 Å². The first-order valence-electron chi connectivity index (χ1n) is 10.1. The fourth-order valence-corrected chi connectivity index (χ4v) is 3.06. The fraction of sp³-hybridized carbons (Fsp3) is 0.381. The van der Waals surface area contributed by atoms with Gasteiger partial charge < -0.3 is 23.9 Å². The predicted octanol–water partition coefficient (Wildman–Crippen LogP) is 5.70. The Labute approximate surface area is 204 Å². The van der Waals surface area contributed by atoms with Crippen LogP contribution in [0.5, 0.6) is 17.4 Å². The van der Waals surface area contributed by atoms with Gasteiger partial charge in [-0.1, -0.05) is 11.6 Å². The number of pyridine rings is 1. The Hall–Kier alpha value is -3.26. The molecule has 0 saturated heterocycles. The van der Waals surface area contributed by atoms with E-state index in [1.807, 2.05) is 0 Å². The number of aromatic nitrogens is 2. The average molecular weight is 542 g/mol. The molecule has 196 valence electrons. The van der Waals surface area contributed by atoms with Crippen LogP contribution < -0.4 is 14.8 Å². The van der Waals surface area contributed by atoms with Gasteiger partial charge in [0.15, 0.2) is 17.9 Å². The van der Waals surface area contributed by atoms with Gasteiger partial charge >= 0.3 is 18.3 Å². The first kappa shape index (κ1) is 27.3. The van der Waals surface area contributed by atoms with E-state index in [1.54, 1.807) is 0 Å². The second-order valence-electron chi connectivity index (χ2n) is 7.39. The molecule has 1 aromatic carbocycles. The van der Waals surface area contributed by atoms with Crippen molar-refractivity contribution in [2.75, 3.05) is 20.3 Å². The van der Waals surface area contributed by atoms with Gasteiger partial charge in [0.05, 0.1) is 17.7 Å². The Morgan fingerprint density at radius 2 is 1.92 bits per heavy atom. The number of nitrogens with zero attached hydrogens (tertiary/aromatic N) is 2. The highest BCUT2D eigenvalue weighted by Crippen LogP contribution is 2.34. The number of hydrogen-bond donors (Lipinski definition) is 1. The largest absolute Gasteiger partial charge is 0.478 e. The molecular formula is C21H18ClF6N3O5. The number of amides is 1. The zero-order chi connectivity index (χ0) is 26.5. The third kappa shape index (κ3) is 8.16. The smallest absolute Gasteiger partial charge is 0.422 e. The molecule has 0 unspecified atom stereocenters. The zero-order valence-electron chi connectivity index (χ0n) is 18.4. The Kier molecular flexibility index (Phi) is 8.51. The number of fused-ring (bicyclic) bond motifs is 1. The minimum absolute atomic E-state index is 0.0166. The maximum Gasteiger partial charge on any atom is 0.422 e. The van der Waals surface area contributed by atoms with Crippen molar-refractivity contribution in [3.05, 3.63) is 41.4 Å². The summed E-state index contributed by atoms with van der Waals surface area (Å²) in [5.74, 6) is -1.90. The van der Waals surface area contributed by atoms with Gasteiger partial charge in [0.2, 0.25) is 0 Å². The van der Waals surface area contributed by atoms with E-state index in [4.69, 9.17) is 30.2 Å². The van der Waals surface area contributed by atoms with Crippen LogP contribution in [0.3, 0.4) is 0 Å². The number of alkyl halides is 6. The van der Waals surface area contributed by atoms with Crippen LogP contribution in [0.1, 0.15) is 23.5 Å². The van der Waals surface area contributed by atoms with Crippen LogP contribution >= 0.6 is 11.6 Å². The lowest BCUT2D eigenvalue weighted by atomic mass is 10.1. The molecule has 0 aliphatic heterocycles. The van der Waals surface area contributed by atoms with Crippen LogP contribution in [0.2, 0.25) is 5.02 Å². The SMILES string of the molecule is COC[C@@H](CCC(F)(F)F)NC(=O)c1nc2ccc(Oc3ncc(Cl)cc3OCC(F)(F)F)cc2o1. The number of carbonyl (C=O) groups is 1. The van der Waals surface area contributed by atoms with Gasteiger partial charge in [0.25, 0.3) is 11.8 Å². The van der Waals surface area contributed by atoms with E-state index in [0.29, 0.717) is 0 Å². The van der Waals surface area contributed by atoms with Crippen LogP contribution in [-0.2, 0) is 4.74 Å². The van der Waals surface area contributed by atoms with Crippen molar-refractivity contribution < 1.29 is 49.8 Å². The van der Waals surface area contributed by atoms with E-state index in [9.17, 15) is 31.1 Å². The Morgan fingerprint density at radius 3 is 2.58 bits per heavy atom.